The summed E-state index contributed by atoms with van der Waals surface area (Å²) in [5, 5.41) is 9.47. The Balaban J connectivity index is 2.02. The molecule has 1 N–H and O–H groups in total. The first kappa shape index (κ1) is 12.9. The van der Waals surface area contributed by atoms with Crippen molar-refractivity contribution < 1.29 is 5.11 Å². The van der Waals surface area contributed by atoms with Crippen LogP contribution in [0.15, 0.2) is 22.7 Å². The van der Waals surface area contributed by atoms with Crippen molar-refractivity contribution in [2.24, 2.45) is 0 Å². The van der Waals surface area contributed by atoms with Crippen molar-refractivity contribution in [3.63, 3.8) is 0 Å². The zero-order valence-corrected chi connectivity index (χ0v) is 11.9. The summed E-state index contributed by atoms with van der Waals surface area (Å²) in [5.74, 6) is 0.306. The Hall–Kier alpha value is -0.580. The average molecular weight is 299 g/mol. The van der Waals surface area contributed by atoms with Crippen molar-refractivity contribution in [1.82, 2.24) is 9.80 Å². The van der Waals surface area contributed by atoms with Gasteiger partial charge in [-0.15, -0.1) is 0 Å². The fourth-order valence-corrected chi connectivity index (χ4v) is 2.72. The quantitative estimate of drug-likeness (QED) is 0.907. The molecule has 0 spiro atoms. The molecule has 0 aromatic heterocycles. The third-order valence-electron chi connectivity index (χ3n) is 3.37. The Morgan fingerprint density at radius 2 is 2.18 bits per heavy atom. The summed E-state index contributed by atoms with van der Waals surface area (Å²) in [6.07, 6.45) is 0. The van der Waals surface area contributed by atoms with E-state index in [-0.39, 0.29) is 0 Å². The molecule has 0 saturated carbocycles. The molecular formula is C13H19BrN2O. The predicted octanol–water partition coefficient (Wildman–Crippen LogP) is 2.29. The van der Waals surface area contributed by atoms with Gasteiger partial charge in [0, 0.05) is 32.2 Å². The van der Waals surface area contributed by atoms with E-state index in [1.54, 1.807) is 6.07 Å². The minimum atomic E-state index is 0.306. The minimum absolute atomic E-state index is 0.306. The largest absolute Gasteiger partial charge is 0.507 e. The Bertz CT molecular complexity index is 397. The number of aromatic hydroxyl groups is 1. The summed E-state index contributed by atoms with van der Waals surface area (Å²) in [4.78, 5) is 4.85. The van der Waals surface area contributed by atoms with Crippen LogP contribution in [0.3, 0.4) is 0 Å². The van der Waals surface area contributed by atoms with Crippen LogP contribution in [0.25, 0.3) is 0 Å². The molecule has 1 heterocycles. The second-order valence-electron chi connectivity index (χ2n) is 4.87. The number of hydrogen-bond acceptors (Lipinski definition) is 3. The van der Waals surface area contributed by atoms with Gasteiger partial charge in [0.05, 0.1) is 4.47 Å². The fraction of sp³-hybridized carbons (Fsp3) is 0.538. The van der Waals surface area contributed by atoms with E-state index in [0.717, 1.165) is 30.7 Å². The molecule has 1 aromatic rings. The van der Waals surface area contributed by atoms with Gasteiger partial charge in [0.15, 0.2) is 0 Å². The van der Waals surface area contributed by atoms with Crippen LogP contribution in [0.1, 0.15) is 12.5 Å². The number of piperazine rings is 1. The normalized spacial score (nSPS) is 22.9. The van der Waals surface area contributed by atoms with Crippen molar-refractivity contribution in [2.45, 2.75) is 19.5 Å². The van der Waals surface area contributed by atoms with E-state index < -0.39 is 0 Å². The monoisotopic (exact) mass is 298 g/mol. The summed E-state index contributed by atoms with van der Waals surface area (Å²) in [6, 6.07) is 6.33. The van der Waals surface area contributed by atoms with Gasteiger partial charge in [-0.05, 0) is 47.6 Å². The van der Waals surface area contributed by atoms with Crippen LogP contribution in [0.2, 0.25) is 0 Å². The SMILES string of the molecule is CC1CN(C)CCN1Cc1ccc(O)c(Br)c1. The Morgan fingerprint density at radius 1 is 1.41 bits per heavy atom. The lowest BCUT2D eigenvalue weighted by molar-refractivity contribution is 0.0938. The third kappa shape index (κ3) is 3.21. The van der Waals surface area contributed by atoms with Gasteiger partial charge < -0.3 is 10.0 Å². The van der Waals surface area contributed by atoms with Crippen LogP contribution in [-0.4, -0.2) is 47.6 Å². The zero-order chi connectivity index (χ0) is 12.4. The van der Waals surface area contributed by atoms with E-state index in [1.165, 1.54) is 5.56 Å². The molecule has 1 aromatic carbocycles. The molecule has 1 fully saturated rings. The first-order valence-corrected chi connectivity index (χ1v) is 6.75. The summed E-state index contributed by atoms with van der Waals surface area (Å²) in [5.41, 5.74) is 1.24. The highest BCUT2D eigenvalue weighted by molar-refractivity contribution is 9.10. The zero-order valence-electron chi connectivity index (χ0n) is 10.4. The maximum atomic E-state index is 9.47. The molecule has 0 radical (unpaired) electrons. The summed E-state index contributed by atoms with van der Waals surface area (Å²) < 4.78 is 0.775. The first-order valence-electron chi connectivity index (χ1n) is 5.96. The van der Waals surface area contributed by atoms with E-state index in [0.29, 0.717) is 11.8 Å². The van der Waals surface area contributed by atoms with Crippen LogP contribution in [0, 0.1) is 0 Å². The predicted molar refractivity (Wildman–Crippen MR) is 73.2 cm³/mol. The van der Waals surface area contributed by atoms with Gasteiger partial charge in [-0.2, -0.15) is 0 Å². The van der Waals surface area contributed by atoms with Crippen molar-refractivity contribution in [3.8, 4) is 5.75 Å². The molecule has 1 saturated heterocycles. The van der Waals surface area contributed by atoms with E-state index in [2.05, 4.69) is 39.7 Å². The standard InChI is InChI=1S/C13H19BrN2O/c1-10-8-15(2)5-6-16(10)9-11-3-4-13(17)12(14)7-11/h3-4,7,10,17H,5-6,8-9H2,1-2H3. The maximum Gasteiger partial charge on any atom is 0.129 e. The lowest BCUT2D eigenvalue weighted by atomic mass is 10.1. The average Bonchev–Trinajstić information content (AvgIpc) is 2.27. The van der Waals surface area contributed by atoms with E-state index >= 15 is 0 Å². The van der Waals surface area contributed by atoms with Crippen molar-refractivity contribution in [1.29, 1.82) is 0 Å². The van der Waals surface area contributed by atoms with Crippen molar-refractivity contribution in [3.05, 3.63) is 28.2 Å². The molecule has 3 nitrogen and oxygen atoms in total. The molecule has 0 aliphatic carbocycles. The van der Waals surface area contributed by atoms with Crippen molar-refractivity contribution >= 4 is 15.9 Å². The van der Waals surface area contributed by atoms with Crippen molar-refractivity contribution in [2.75, 3.05) is 26.7 Å². The molecule has 0 amide bonds. The Labute approximate surface area is 111 Å². The van der Waals surface area contributed by atoms with Crippen LogP contribution >= 0.6 is 15.9 Å². The van der Waals surface area contributed by atoms with Crippen LogP contribution in [-0.2, 0) is 6.54 Å². The second kappa shape index (κ2) is 5.38. The van der Waals surface area contributed by atoms with Crippen LogP contribution in [0.5, 0.6) is 5.75 Å². The van der Waals surface area contributed by atoms with E-state index in [4.69, 9.17) is 0 Å². The van der Waals surface area contributed by atoms with Gasteiger partial charge in [-0.25, -0.2) is 0 Å². The minimum Gasteiger partial charge on any atom is -0.507 e. The van der Waals surface area contributed by atoms with Gasteiger partial charge in [-0.3, -0.25) is 4.90 Å². The number of nitrogens with zero attached hydrogens (tertiary/aromatic N) is 2. The molecule has 1 aliphatic heterocycles. The summed E-state index contributed by atoms with van der Waals surface area (Å²) >= 11 is 3.36. The molecule has 4 heteroatoms. The molecule has 17 heavy (non-hydrogen) atoms. The highest BCUT2D eigenvalue weighted by atomic mass is 79.9. The van der Waals surface area contributed by atoms with Gasteiger partial charge in [0.1, 0.15) is 5.75 Å². The Kier molecular flexibility index (Phi) is 4.07. The van der Waals surface area contributed by atoms with Crippen LogP contribution in [0.4, 0.5) is 0 Å². The lowest BCUT2D eigenvalue weighted by Gasteiger charge is -2.38. The molecule has 1 unspecified atom stereocenters. The molecule has 94 valence electrons. The molecule has 0 bridgehead atoms. The lowest BCUT2D eigenvalue weighted by Crippen LogP contribution is -2.49. The van der Waals surface area contributed by atoms with E-state index in [9.17, 15) is 5.11 Å². The topological polar surface area (TPSA) is 26.7 Å². The van der Waals surface area contributed by atoms with Gasteiger partial charge in [0.25, 0.3) is 0 Å². The highest BCUT2D eigenvalue weighted by Gasteiger charge is 2.21. The number of hydrogen-bond donors (Lipinski definition) is 1. The van der Waals surface area contributed by atoms with Crippen LogP contribution < -0.4 is 0 Å². The summed E-state index contributed by atoms with van der Waals surface area (Å²) in [6.45, 7) is 6.58. The number of halogens is 1. The number of phenolic OH excluding ortho intramolecular Hbond substituents is 1. The number of rotatable bonds is 2. The van der Waals surface area contributed by atoms with Gasteiger partial charge >= 0.3 is 0 Å². The fourth-order valence-electron chi connectivity index (χ4n) is 2.30. The first-order chi connectivity index (χ1) is 8.06. The smallest absolute Gasteiger partial charge is 0.129 e. The van der Waals surface area contributed by atoms with E-state index in [1.807, 2.05) is 12.1 Å². The van der Waals surface area contributed by atoms with Gasteiger partial charge in [-0.1, -0.05) is 6.07 Å². The molecule has 2 rings (SSSR count). The number of likely N-dealkylation sites (N-methyl/N-ethyl adjacent to an activating group) is 1. The molecule has 1 aliphatic rings. The maximum absolute atomic E-state index is 9.47. The number of benzene rings is 1. The third-order valence-corrected chi connectivity index (χ3v) is 4.00. The molecule has 1 atom stereocenters. The summed E-state index contributed by atoms with van der Waals surface area (Å²) in [7, 11) is 2.17. The highest BCUT2D eigenvalue weighted by Crippen LogP contribution is 2.25. The van der Waals surface area contributed by atoms with Gasteiger partial charge in [0.2, 0.25) is 0 Å². The second-order valence-corrected chi connectivity index (χ2v) is 5.72. The number of phenols is 1. The molecular weight excluding hydrogens is 280 g/mol. The Morgan fingerprint density at radius 3 is 2.82 bits per heavy atom.